The fourth-order valence-corrected chi connectivity index (χ4v) is 3.69. The molecule has 0 bridgehead atoms. The second kappa shape index (κ2) is 6.01. The van der Waals surface area contributed by atoms with Crippen molar-refractivity contribution in [3.63, 3.8) is 0 Å². The van der Waals surface area contributed by atoms with Crippen molar-refractivity contribution < 1.29 is 0 Å². The Morgan fingerprint density at radius 2 is 1.92 bits per heavy atom. The molecule has 1 fully saturated rings. The third-order valence-electron chi connectivity index (χ3n) is 5.25. The Balaban J connectivity index is 1.70. The largest absolute Gasteiger partial charge is 0.351 e. The van der Waals surface area contributed by atoms with Crippen molar-refractivity contribution in [2.45, 2.75) is 64.5 Å². The summed E-state index contributed by atoms with van der Waals surface area (Å²) in [5.74, 6) is 2.23. The molecule has 1 aromatic heterocycles. The van der Waals surface area contributed by atoms with Gasteiger partial charge in [-0.15, -0.1) is 0 Å². The maximum absolute atomic E-state index is 4.86. The summed E-state index contributed by atoms with van der Waals surface area (Å²) in [5.41, 5.74) is 4.09. The van der Waals surface area contributed by atoms with Crippen LogP contribution in [0.15, 0.2) is 30.3 Å². The van der Waals surface area contributed by atoms with Crippen molar-refractivity contribution in [2.24, 2.45) is 0 Å². The third kappa shape index (κ3) is 3.35. The Labute approximate surface area is 150 Å². The summed E-state index contributed by atoms with van der Waals surface area (Å²) in [4.78, 5) is 12.0. The van der Waals surface area contributed by atoms with E-state index >= 15 is 0 Å². The lowest BCUT2D eigenvalue weighted by molar-refractivity contribution is 0.474. The molecule has 4 rings (SSSR count). The molecule has 0 saturated heterocycles. The van der Waals surface area contributed by atoms with Crippen LogP contribution in [0.4, 0.5) is 11.8 Å². The number of aromatic nitrogens is 2. The highest BCUT2D eigenvalue weighted by molar-refractivity contribution is 5.51. The molecule has 1 N–H and O–H groups in total. The Morgan fingerprint density at radius 1 is 1.16 bits per heavy atom. The third-order valence-corrected chi connectivity index (χ3v) is 5.25. The van der Waals surface area contributed by atoms with Crippen LogP contribution in [0, 0.1) is 0 Å². The monoisotopic (exact) mass is 336 g/mol. The van der Waals surface area contributed by atoms with E-state index in [-0.39, 0.29) is 5.41 Å². The zero-order chi connectivity index (χ0) is 17.6. The first-order chi connectivity index (χ1) is 11.9. The van der Waals surface area contributed by atoms with Crippen LogP contribution in [0.3, 0.4) is 0 Å². The van der Waals surface area contributed by atoms with E-state index in [0.29, 0.717) is 12.0 Å². The van der Waals surface area contributed by atoms with E-state index in [2.05, 4.69) is 68.2 Å². The first kappa shape index (κ1) is 16.4. The van der Waals surface area contributed by atoms with Crippen LogP contribution in [0.2, 0.25) is 0 Å². The Hall–Kier alpha value is -2.10. The summed E-state index contributed by atoms with van der Waals surface area (Å²) in [6.07, 6.45) is 2.46. The predicted octanol–water partition coefficient (Wildman–Crippen LogP) is 4.47. The van der Waals surface area contributed by atoms with Gasteiger partial charge in [-0.1, -0.05) is 52.0 Å². The normalized spacial score (nSPS) is 19.0. The number of anilines is 2. The second-order valence-electron chi connectivity index (χ2n) is 8.45. The Kier molecular flexibility index (Phi) is 3.94. The van der Waals surface area contributed by atoms with E-state index in [1.165, 1.54) is 24.0 Å². The van der Waals surface area contributed by atoms with Gasteiger partial charge in [0.05, 0.1) is 5.69 Å². The number of benzene rings is 1. The lowest BCUT2D eigenvalue weighted by Gasteiger charge is -2.40. The van der Waals surface area contributed by atoms with Gasteiger partial charge in [-0.25, -0.2) is 4.98 Å². The fourth-order valence-electron chi connectivity index (χ4n) is 3.69. The van der Waals surface area contributed by atoms with E-state index in [0.717, 1.165) is 30.5 Å². The summed E-state index contributed by atoms with van der Waals surface area (Å²) in [7, 11) is 0. The number of hydrogen-bond acceptors (Lipinski definition) is 4. The topological polar surface area (TPSA) is 41.1 Å². The van der Waals surface area contributed by atoms with Crippen LogP contribution in [-0.2, 0) is 12.0 Å². The minimum Gasteiger partial charge on any atom is -0.351 e. The predicted molar refractivity (Wildman–Crippen MR) is 103 cm³/mol. The molecule has 0 amide bonds. The second-order valence-corrected chi connectivity index (χ2v) is 8.45. The summed E-state index contributed by atoms with van der Waals surface area (Å²) >= 11 is 0. The zero-order valence-electron chi connectivity index (χ0n) is 15.7. The van der Waals surface area contributed by atoms with Crippen molar-refractivity contribution in [1.29, 1.82) is 0 Å². The molecule has 0 unspecified atom stereocenters. The molecule has 4 heteroatoms. The van der Waals surface area contributed by atoms with Gasteiger partial charge < -0.3 is 10.2 Å². The molecule has 4 nitrogen and oxygen atoms in total. The molecule has 1 saturated carbocycles. The first-order valence-corrected chi connectivity index (χ1v) is 9.41. The lowest BCUT2D eigenvalue weighted by Crippen LogP contribution is -2.42. The number of rotatable bonds is 4. The van der Waals surface area contributed by atoms with Gasteiger partial charge in [0.1, 0.15) is 5.82 Å². The minimum atomic E-state index is 0.113. The molecule has 25 heavy (non-hydrogen) atoms. The van der Waals surface area contributed by atoms with Crippen molar-refractivity contribution in [3.05, 3.63) is 47.2 Å². The number of nitrogens with one attached hydrogen (secondary N) is 1. The van der Waals surface area contributed by atoms with Crippen LogP contribution < -0.4 is 10.2 Å². The average molecular weight is 336 g/mol. The van der Waals surface area contributed by atoms with Crippen molar-refractivity contribution in [1.82, 2.24) is 9.97 Å². The molecule has 0 spiro atoms. The molecule has 2 aliphatic rings. The van der Waals surface area contributed by atoms with Crippen molar-refractivity contribution in [3.8, 4) is 0 Å². The summed E-state index contributed by atoms with van der Waals surface area (Å²) in [6.45, 7) is 10.9. The Bertz CT molecular complexity index is 777. The van der Waals surface area contributed by atoms with Crippen LogP contribution in [0.25, 0.3) is 0 Å². The van der Waals surface area contributed by atoms with E-state index < -0.39 is 0 Å². The van der Waals surface area contributed by atoms with Crippen LogP contribution in [0.1, 0.15) is 63.3 Å². The SMILES string of the molecule is CC(C)c1cc(N2Cc3ccccc3C(C)(C)C2)nc(NC2CC2)n1. The molecule has 0 radical (unpaired) electrons. The van der Waals surface area contributed by atoms with Gasteiger partial charge >= 0.3 is 0 Å². The summed E-state index contributed by atoms with van der Waals surface area (Å²) < 4.78 is 0. The van der Waals surface area contributed by atoms with Gasteiger partial charge in [-0.05, 0) is 29.9 Å². The maximum atomic E-state index is 4.86. The molecule has 1 aliphatic carbocycles. The standard InChI is InChI=1S/C21H28N4/c1-14(2)18-11-19(24-20(23-18)22-16-9-10-16)25-12-15-7-5-6-8-17(15)21(3,4)13-25/h5-8,11,14,16H,9-10,12-13H2,1-4H3,(H,22,23,24). The molecule has 2 aromatic rings. The number of fused-ring (bicyclic) bond motifs is 1. The number of nitrogens with zero attached hydrogens (tertiary/aromatic N) is 3. The quantitative estimate of drug-likeness (QED) is 0.894. The highest BCUT2D eigenvalue weighted by Crippen LogP contribution is 2.36. The van der Waals surface area contributed by atoms with Gasteiger partial charge in [-0.3, -0.25) is 0 Å². The van der Waals surface area contributed by atoms with Gasteiger partial charge in [0, 0.05) is 30.6 Å². The average Bonchev–Trinajstić information content (AvgIpc) is 3.38. The van der Waals surface area contributed by atoms with Crippen molar-refractivity contribution >= 4 is 11.8 Å². The van der Waals surface area contributed by atoms with Gasteiger partial charge in [-0.2, -0.15) is 4.98 Å². The summed E-state index contributed by atoms with van der Waals surface area (Å²) in [6, 6.07) is 11.5. The van der Waals surface area contributed by atoms with Gasteiger partial charge in [0.2, 0.25) is 5.95 Å². The fraction of sp³-hybridized carbons (Fsp3) is 0.524. The molecular weight excluding hydrogens is 308 g/mol. The smallest absolute Gasteiger partial charge is 0.225 e. The highest BCUT2D eigenvalue weighted by atomic mass is 15.2. The first-order valence-electron chi connectivity index (χ1n) is 9.41. The molecule has 132 valence electrons. The van der Waals surface area contributed by atoms with E-state index in [9.17, 15) is 0 Å². The lowest BCUT2D eigenvalue weighted by atomic mass is 9.78. The number of hydrogen-bond donors (Lipinski definition) is 1. The molecule has 1 aromatic carbocycles. The van der Waals surface area contributed by atoms with Crippen LogP contribution in [-0.4, -0.2) is 22.6 Å². The van der Waals surface area contributed by atoms with Crippen molar-refractivity contribution in [2.75, 3.05) is 16.8 Å². The summed E-state index contributed by atoms with van der Waals surface area (Å²) in [5, 5.41) is 3.48. The highest BCUT2D eigenvalue weighted by Gasteiger charge is 2.32. The molecular formula is C21H28N4. The molecule has 2 heterocycles. The van der Waals surface area contributed by atoms with E-state index in [4.69, 9.17) is 9.97 Å². The van der Waals surface area contributed by atoms with E-state index in [1.807, 2.05) is 0 Å². The van der Waals surface area contributed by atoms with Crippen LogP contribution >= 0.6 is 0 Å². The van der Waals surface area contributed by atoms with Crippen LogP contribution in [0.5, 0.6) is 0 Å². The van der Waals surface area contributed by atoms with Gasteiger partial charge in [0.15, 0.2) is 0 Å². The molecule has 0 atom stereocenters. The maximum Gasteiger partial charge on any atom is 0.225 e. The zero-order valence-corrected chi connectivity index (χ0v) is 15.7. The van der Waals surface area contributed by atoms with Gasteiger partial charge in [0.25, 0.3) is 0 Å². The minimum absolute atomic E-state index is 0.113. The molecule has 1 aliphatic heterocycles. The Morgan fingerprint density at radius 3 is 2.64 bits per heavy atom. The van der Waals surface area contributed by atoms with E-state index in [1.54, 1.807) is 0 Å².